The molecule has 0 spiro atoms. The Morgan fingerprint density at radius 3 is 2.29 bits per heavy atom. The Morgan fingerprint density at radius 2 is 1.62 bits per heavy atom. The van der Waals surface area contributed by atoms with Crippen LogP contribution in [0.1, 0.15) is 145 Å². The number of aliphatic hydroxyl groups is 2. The highest BCUT2D eigenvalue weighted by Crippen LogP contribution is 2.37. The molecule has 12 nitrogen and oxygen atoms in total. The van der Waals surface area contributed by atoms with E-state index in [4.69, 9.17) is 14.2 Å². The molecule has 13 atom stereocenters. The average Bonchev–Trinajstić information content (AvgIpc) is 3.25. The molecule has 2 heterocycles. The molecule has 12 heteroatoms. The van der Waals surface area contributed by atoms with Crippen molar-refractivity contribution >= 4 is 29.2 Å². The molecule has 0 aromatic rings. The van der Waals surface area contributed by atoms with E-state index in [-0.39, 0.29) is 42.3 Å². The number of nitrogens with zero attached hydrogens (tertiary/aromatic N) is 1. The Balaban J connectivity index is 1.45. The Hall–Kier alpha value is -3.29. The average molecular weight is 884 g/mol. The van der Waals surface area contributed by atoms with Gasteiger partial charge in [-0.05, 0) is 114 Å². The van der Waals surface area contributed by atoms with Crippen molar-refractivity contribution in [3.63, 3.8) is 0 Å². The molecular formula is C51H81NO11. The molecule has 0 radical (unpaired) electrons. The van der Waals surface area contributed by atoms with Crippen LogP contribution in [0.4, 0.5) is 0 Å². The van der Waals surface area contributed by atoms with Crippen molar-refractivity contribution in [3.05, 3.63) is 47.6 Å². The predicted molar refractivity (Wildman–Crippen MR) is 244 cm³/mol. The van der Waals surface area contributed by atoms with E-state index in [1.165, 1.54) is 20.0 Å². The third-order valence-electron chi connectivity index (χ3n) is 14.2. The molecule has 0 bridgehead atoms. The van der Waals surface area contributed by atoms with Crippen molar-refractivity contribution in [2.24, 2.45) is 41.4 Å². The molecule has 1 unspecified atom stereocenters. The molecule has 63 heavy (non-hydrogen) atoms. The van der Waals surface area contributed by atoms with Crippen molar-refractivity contribution in [2.75, 3.05) is 20.8 Å². The summed E-state index contributed by atoms with van der Waals surface area (Å²) >= 11 is 0. The first-order chi connectivity index (χ1) is 29.7. The highest BCUT2D eigenvalue weighted by molar-refractivity contribution is 6.39. The standard InChI is InChI=1S/C51H81NO11/c1-32(22-24-41-25-23-39(8)51(60,63-41)48(56)49(57)52-26-15-14-21-43(52)50(58)59)17-12-11-13-18-33(2)27-37(6)45(54)47(62-10)46(55)38(7)28-36(5)44(53)30-35(4)34(3)29-40-19-16-20-42(31-40)61-9/h11-13,17-18,28,33-37,39-43,46-47,55,60H,14-16,19-27,29-31H2,1-10H3,(H,58,59)/b12-11+,18-13+,32-17+,38-28+/t33-,34?,35+,36-,37-,39-,40+,41-,42+,43+,46-,47+,51-/m1/s1. The minimum absolute atomic E-state index is 0.0654. The highest BCUT2D eigenvalue weighted by Gasteiger charge is 2.52. The molecule has 2 aliphatic heterocycles. The smallest absolute Gasteiger partial charge is 0.326 e. The number of carbonyl (C=O) groups excluding carboxylic acids is 4. The van der Waals surface area contributed by atoms with Crippen LogP contribution in [0.25, 0.3) is 0 Å². The van der Waals surface area contributed by atoms with Crippen molar-refractivity contribution in [1.29, 1.82) is 0 Å². The summed E-state index contributed by atoms with van der Waals surface area (Å²) in [5, 5.41) is 32.2. The number of ether oxygens (including phenoxy) is 3. The first kappa shape index (κ1) is 54.0. The van der Waals surface area contributed by atoms with Crippen molar-refractivity contribution in [3.8, 4) is 0 Å². The van der Waals surface area contributed by atoms with E-state index in [1.54, 1.807) is 27.0 Å². The SMILES string of the molecule is CO[C@H]1CCC[C@@H](CC(C)[C@@H](C)CC(=O)[C@H](C)/C=C(\C)[C@@H](O)[C@@H](OC)C(=O)[C@H](C)C[C@H](C)/C=C/C=C/C=C(\C)CC[C@@H]2CC[C@@H](C)[C@](O)(C(=O)C(=O)N3CCCC[C@H]3C(=O)O)O2)C1. The lowest BCUT2D eigenvalue weighted by atomic mass is 9.77. The molecule has 356 valence electrons. The largest absolute Gasteiger partial charge is 0.480 e. The Morgan fingerprint density at radius 1 is 0.905 bits per heavy atom. The number of allylic oxidation sites excluding steroid dienone is 7. The van der Waals surface area contributed by atoms with Crippen LogP contribution in [0.3, 0.4) is 0 Å². The molecule has 3 rings (SSSR count). The van der Waals surface area contributed by atoms with Crippen LogP contribution >= 0.6 is 0 Å². The zero-order valence-corrected chi connectivity index (χ0v) is 40.1. The van der Waals surface area contributed by atoms with E-state index in [0.29, 0.717) is 74.9 Å². The maximum atomic E-state index is 13.5. The fourth-order valence-corrected chi connectivity index (χ4v) is 9.66. The highest BCUT2D eigenvalue weighted by atomic mass is 16.6. The van der Waals surface area contributed by atoms with Gasteiger partial charge in [0.15, 0.2) is 5.78 Å². The number of carboxylic acid groups (broad SMARTS) is 1. The number of hydrogen-bond acceptors (Lipinski definition) is 10. The topological polar surface area (TPSA) is 177 Å². The van der Waals surface area contributed by atoms with Crippen molar-refractivity contribution in [1.82, 2.24) is 4.90 Å². The first-order valence-corrected chi connectivity index (χ1v) is 23.7. The van der Waals surface area contributed by atoms with Crippen molar-refractivity contribution < 1.29 is 53.5 Å². The quantitative estimate of drug-likeness (QED) is 0.0482. The van der Waals surface area contributed by atoms with Gasteiger partial charge in [0.1, 0.15) is 24.0 Å². The first-order valence-electron chi connectivity index (χ1n) is 23.7. The number of Topliss-reactive ketones (excluding diaryl/α,β-unsaturated/α-hetero) is 3. The van der Waals surface area contributed by atoms with Crippen LogP contribution in [-0.2, 0) is 38.2 Å². The van der Waals surface area contributed by atoms with Gasteiger partial charge in [0.25, 0.3) is 11.7 Å². The summed E-state index contributed by atoms with van der Waals surface area (Å²) in [7, 11) is 3.22. The monoisotopic (exact) mass is 884 g/mol. The number of aliphatic carboxylic acids is 1. The van der Waals surface area contributed by atoms with Gasteiger partial charge in [0.05, 0.1) is 12.2 Å². The van der Waals surface area contributed by atoms with E-state index in [9.17, 15) is 39.3 Å². The molecule has 2 saturated heterocycles. The van der Waals surface area contributed by atoms with Gasteiger partial charge in [-0.2, -0.15) is 0 Å². The summed E-state index contributed by atoms with van der Waals surface area (Å²) in [5.74, 6) is -5.65. The molecule has 0 aromatic carbocycles. The second kappa shape index (κ2) is 26.0. The number of likely N-dealkylation sites (tertiary alicyclic amines) is 1. The Labute approximate surface area is 378 Å². The maximum absolute atomic E-state index is 13.5. The number of ketones is 3. The van der Waals surface area contributed by atoms with E-state index in [1.807, 2.05) is 58.1 Å². The number of aliphatic hydroxyl groups excluding tert-OH is 1. The normalized spacial score (nSPS) is 28.6. The summed E-state index contributed by atoms with van der Waals surface area (Å²) < 4.78 is 17.1. The van der Waals surface area contributed by atoms with Crippen LogP contribution in [0.2, 0.25) is 0 Å². The van der Waals surface area contributed by atoms with Gasteiger partial charge in [-0.1, -0.05) is 96.4 Å². The molecular weight excluding hydrogens is 803 g/mol. The predicted octanol–water partition coefficient (Wildman–Crippen LogP) is 8.38. The van der Waals surface area contributed by atoms with E-state index in [2.05, 4.69) is 13.8 Å². The fraction of sp³-hybridized carbons (Fsp3) is 0.745. The number of amides is 1. The van der Waals surface area contributed by atoms with Gasteiger partial charge >= 0.3 is 5.97 Å². The van der Waals surface area contributed by atoms with E-state index >= 15 is 0 Å². The summed E-state index contributed by atoms with van der Waals surface area (Å²) in [6.45, 7) is 15.7. The van der Waals surface area contributed by atoms with Gasteiger partial charge in [0, 0.05) is 44.9 Å². The molecule has 3 aliphatic rings. The number of carbonyl (C=O) groups is 5. The number of carboxylic acids is 1. The van der Waals surface area contributed by atoms with Gasteiger partial charge in [-0.25, -0.2) is 4.79 Å². The van der Waals surface area contributed by atoms with Crippen LogP contribution in [0, 0.1) is 41.4 Å². The Bertz CT molecular complexity index is 1650. The molecule has 1 amide bonds. The third kappa shape index (κ3) is 16.0. The molecule has 3 fully saturated rings. The summed E-state index contributed by atoms with van der Waals surface area (Å²) in [6, 6.07) is -1.09. The van der Waals surface area contributed by atoms with Gasteiger partial charge in [-0.15, -0.1) is 0 Å². The lowest BCUT2D eigenvalue weighted by Gasteiger charge is -2.42. The molecule has 1 saturated carbocycles. The minimum Gasteiger partial charge on any atom is -0.480 e. The third-order valence-corrected chi connectivity index (χ3v) is 14.2. The Kier molecular flexibility index (Phi) is 22.3. The minimum atomic E-state index is -2.30. The summed E-state index contributed by atoms with van der Waals surface area (Å²) in [5.41, 5.74) is 1.60. The lowest BCUT2D eigenvalue weighted by molar-refractivity contribution is -0.263. The number of methoxy groups -OCH3 is 2. The molecule has 0 aromatic heterocycles. The van der Waals surface area contributed by atoms with E-state index < -0.39 is 59.6 Å². The maximum Gasteiger partial charge on any atom is 0.326 e. The van der Waals surface area contributed by atoms with E-state index in [0.717, 1.165) is 29.7 Å². The van der Waals surface area contributed by atoms with Gasteiger partial charge in [0.2, 0.25) is 5.79 Å². The van der Waals surface area contributed by atoms with Crippen LogP contribution < -0.4 is 0 Å². The van der Waals surface area contributed by atoms with Gasteiger partial charge < -0.3 is 34.4 Å². The van der Waals surface area contributed by atoms with Crippen molar-refractivity contribution in [2.45, 2.75) is 182 Å². The number of rotatable bonds is 24. The summed E-state index contributed by atoms with van der Waals surface area (Å²) in [6.07, 6.45) is 19.8. The second-order valence-electron chi connectivity index (χ2n) is 19.5. The van der Waals surface area contributed by atoms with Gasteiger partial charge in [-0.3, -0.25) is 19.2 Å². The molecule has 1 aliphatic carbocycles. The molecule has 3 N–H and O–H groups in total. The number of hydrogen-bond donors (Lipinski definition) is 3. The van der Waals surface area contributed by atoms with Crippen LogP contribution in [0.15, 0.2) is 47.6 Å². The zero-order chi connectivity index (χ0) is 47.0. The fourth-order valence-electron chi connectivity index (χ4n) is 9.66. The van der Waals surface area contributed by atoms with Crippen LogP contribution in [0.5, 0.6) is 0 Å². The second-order valence-corrected chi connectivity index (χ2v) is 19.5. The van der Waals surface area contributed by atoms with Crippen LogP contribution in [-0.4, -0.2) is 106 Å². The lowest BCUT2D eigenvalue weighted by Crippen LogP contribution is -2.60. The zero-order valence-electron chi connectivity index (χ0n) is 40.1. The summed E-state index contributed by atoms with van der Waals surface area (Å²) in [4.78, 5) is 66.1. The number of piperidine rings is 1.